The van der Waals surface area contributed by atoms with Crippen molar-refractivity contribution in [2.24, 2.45) is 0 Å². The molecule has 0 saturated heterocycles. The molecule has 0 saturated carbocycles. The van der Waals surface area contributed by atoms with Crippen LogP contribution in [0.25, 0.3) is 0 Å². The summed E-state index contributed by atoms with van der Waals surface area (Å²) >= 11 is 5.60. The third-order valence-corrected chi connectivity index (χ3v) is 2.59. The molecule has 0 aliphatic rings. The largest absolute Gasteiger partial charge is 0.481 e. The van der Waals surface area contributed by atoms with Crippen LogP contribution in [-0.2, 0) is 9.59 Å². The van der Waals surface area contributed by atoms with Gasteiger partial charge < -0.3 is 20.8 Å². The number of urea groups is 1. The van der Waals surface area contributed by atoms with Crippen LogP contribution in [0, 0.1) is 5.82 Å². The van der Waals surface area contributed by atoms with Crippen LogP contribution < -0.4 is 10.6 Å². The smallest absolute Gasteiger partial charge is 0.326 e. The van der Waals surface area contributed by atoms with E-state index < -0.39 is 36.2 Å². The van der Waals surface area contributed by atoms with Gasteiger partial charge in [-0.1, -0.05) is 11.6 Å². The number of hydrogen-bond donors (Lipinski definition) is 4. The SMILES string of the molecule is O=C(O)CC[C@H](NC(=O)Nc1cc(F)cc(Cl)c1)C(=O)O. The van der Waals surface area contributed by atoms with Crippen LogP contribution in [0.4, 0.5) is 14.9 Å². The molecule has 1 aromatic carbocycles. The maximum Gasteiger partial charge on any atom is 0.326 e. The van der Waals surface area contributed by atoms with Crippen molar-refractivity contribution in [2.75, 3.05) is 5.32 Å². The second-order valence-corrected chi connectivity index (χ2v) is 4.52. The Morgan fingerprint density at radius 3 is 2.43 bits per heavy atom. The molecule has 2 amide bonds. The zero-order valence-electron chi connectivity index (χ0n) is 10.6. The van der Waals surface area contributed by atoms with Gasteiger partial charge in [-0.3, -0.25) is 4.79 Å². The lowest BCUT2D eigenvalue weighted by molar-refractivity contribution is -0.140. The Balaban J connectivity index is 2.65. The number of carbonyl (C=O) groups is 3. The Labute approximate surface area is 123 Å². The van der Waals surface area contributed by atoms with Crippen molar-refractivity contribution in [1.82, 2.24) is 5.32 Å². The predicted molar refractivity (Wildman–Crippen MR) is 71.9 cm³/mol. The van der Waals surface area contributed by atoms with E-state index in [0.29, 0.717) is 0 Å². The third-order valence-electron chi connectivity index (χ3n) is 2.37. The highest BCUT2D eigenvalue weighted by atomic mass is 35.5. The molecule has 0 aliphatic carbocycles. The number of amides is 2. The molecule has 0 aromatic heterocycles. The summed E-state index contributed by atoms with van der Waals surface area (Å²) in [5.41, 5.74) is 0.0415. The molecule has 1 atom stereocenters. The molecule has 0 heterocycles. The van der Waals surface area contributed by atoms with E-state index in [1.54, 1.807) is 0 Å². The van der Waals surface area contributed by atoms with Crippen molar-refractivity contribution in [3.05, 3.63) is 29.0 Å². The van der Waals surface area contributed by atoms with E-state index in [2.05, 4.69) is 10.6 Å². The van der Waals surface area contributed by atoms with Gasteiger partial charge in [-0.15, -0.1) is 0 Å². The fourth-order valence-electron chi connectivity index (χ4n) is 1.48. The lowest BCUT2D eigenvalue weighted by atomic mass is 10.1. The lowest BCUT2D eigenvalue weighted by Crippen LogP contribution is -2.43. The highest BCUT2D eigenvalue weighted by Crippen LogP contribution is 2.17. The van der Waals surface area contributed by atoms with Gasteiger partial charge in [-0.25, -0.2) is 14.0 Å². The summed E-state index contributed by atoms with van der Waals surface area (Å²) in [6.07, 6.45) is -0.689. The van der Waals surface area contributed by atoms with Crippen LogP contribution in [0.2, 0.25) is 5.02 Å². The van der Waals surface area contributed by atoms with Crippen molar-refractivity contribution < 1.29 is 29.0 Å². The quantitative estimate of drug-likeness (QED) is 0.639. The fraction of sp³-hybridized carbons (Fsp3) is 0.250. The summed E-state index contributed by atoms with van der Waals surface area (Å²) in [7, 11) is 0. The van der Waals surface area contributed by atoms with Crippen molar-refractivity contribution in [3.63, 3.8) is 0 Å². The number of rotatable bonds is 6. The molecular weight excluding hydrogens is 307 g/mol. The van der Waals surface area contributed by atoms with Gasteiger partial charge in [0.1, 0.15) is 11.9 Å². The third kappa shape index (κ3) is 6.09. The Bertz CT molecular complexity index is 546. The number of aliphatic carboxylic acids is 2. The van der Waals surface area contributed by atoms with Crippen molar-refractivity contribution in [1.29, 1.82) is 0 Å². The number of benzene rings is 1. The Morgan fingerprint density at radius 2 is 1.90 bits per heavy atom. The van der Waals surface area contributed by atoms with Crippen molar-refractivity contribution in [3.8, 4) is 0 Å². The fourth-order valence-corrected chi connectivity index (χ4v) is 1.70. The number of nitrogens with one attached hydrogen (secondary N) is 2. The van der Waals surface area contributed by atoms with Gasteiger partial charge in [0.25, 0.3) is 0 Å². The molecule has 0 spiro atoms. The van der Waals surface area contributed by atoms with Gasteiger partial charge in [-0.2, -0.15) is 0 Å². The predicted octanol–water partition coefficient (Wildman–Crippen LogP) is 1.92. The minimum absolute atomic E-state index is 0.0415. The van der Waals surface area contributed by atoms with Crippen molar-refractivity contribution in [2.45, 2.75) is 18.9 Å². The van der Waals surface area contributed by atoms with E-state index >= 15 is 0 Å². The minimum atomic E-state index is -1.37. The number of carbonyl (C=O) groups excluding carboxylic acids is 1. The molecule has 0 radical (unpaired) electrons. The highest BCUT2D eigenvalue weighted by molar-refractivity contribution is 6.30. The van der Waals surface area contributed by atoms with Crippen LogP contribution in [0.3, 0.4) is 0 Å². The second-order valence-electron chi connectivity index (χ2n) is 4.08. The van der Waals surface area contributed by atoms with Crippen LogP contribution in [-0.4, -0.2) is 34.2 Å². The monoisotopic (exact) mass is 318 g/mol. The van der Waals surface area contributed by atoms with Gasteiger partial charge in [0, 0.05) is 17.1 Å². The molecule has 9 heteroatoms. The lowest BCUT2D eigenvalue weighted by Gasteiger charge is -2.14. The molecule has 1 aromatic rings. The molecule has 4 N–H and O–H groups in total. The van der Waals surface area contributed by atoms with Crippen LogP contribution in [0.1, 0.15) is 12.8 Å². The maximum atomic E-state index is 13.1. The molecule has 114 valence electrons. The summed E-state index contributed by atoms with van der Waals surface area (Å²) in [6, 6.07) is 1.03. The van der Waals surface area contributed by atoms with Gasteiger partial charge in [-0.05, 0) is 24.6 Å². The molecule has 0 unspecified atom stereocenters. The van der Waals surface area contributed by atoms with E-state index in [1.165, 1.54) is 6.07 Å². The summed E-state index contributed by atoms with van der Waals surface area (Å²) < 4.78 is 13.1. The van der Waals surface area contributed by atoms with E-state index in [-0.39, 0.29) is 17.1 Å². The first-order valence-corrected chi connectivity index (χ1v) is 6.14. The average molecular weight is 319 g/mol. The van der Waals surface area contributed by atoms with Gasteiger partial charge in [0.05, 0.1) is 0 Å². The minimum Gasteiger partial charge on any atom is -0.481 e. The summed E-state index contributed by atoms with van der Waals surface area (Å²) in [6.45, 7) is 0. The summed E-state index contributed by atoms with van der Waals surface area (Å²) in [4.78, 5) is 32.9. The number of carboxylic acid groups (broad SMARTS) is 2. The first-order valence-electron chi connectivity index (χ1n) is 5.76. The van der Waals surface area contributed by atoms with E-state index in [0.717, 1.165) is 12.1 Å². The van der Waals surface area contributed by atoms with Gasteiger partial charge in [0.2, 0.25) is 0 Å². The Hall–Kier alpha value is -2.35. The van der Waals surface area contributed by atoms with Gasteiger partial charge >= 0.3 is 18.0 Å². The molecule has 0 fully saturated rings. The number of anilines is 1. The zero-order valence-corrected chi connectivity index (χ0v) is 11.4. The first kappa shape index (κ1) is 16.7. The molecule has 7 nitrogen and oxygen atoms in total. The molecule has 0 aliphatic heterocycles. The van der Waals surface area contributed by atoms with E-state index in [1.807, 2.05) is 0 Å². The van der Waals surface area contributed by atoms with Gasteiger partial charge in [0.15, 0.2) is 0 Å². The number of hydrogen-bond acceptors (Lipinski definition) is 3. The molecular formula is C12H12ClFN2O5. The highest BCUT2D eigenvalue weighted by Gasteiger charge is 2.21. The topological polar surface area (TPSA) is 116 Å². The maximum absolute atomic E-state index is 13.1. The Morgan fingerprint density at radius 1 is 1.24 bits per heavy atom. The van der Waals surface area contributed by atoms with Crippen LogP contribution in [0.15, 0.2) is 18.2 Å². The standard InChI is InChI=1S/C12H12ClFN2O5/c13-6-3-7(14)5-8(4-6)15-12(21)16-9(11(19)20)1-2-10(17)18/h3-5,9H,1-2H2,(H,17,18)(H,19,20)(H2,15,16,21)/t9-/m0/s1. The molecule has 1 rings (SSSR count). The normalized spacial score (nSPS) is 11.5. The van der Waals surface area contributed by atoms with E-state index in [4.69, 9.17) is 21.8 Å². The average Bonchev–Trinajstić information content (AvgIpc) is 2.32. The number of carboxylic acids is 2. The van der Waals surface area contributed by atoms with Crippen molar-refractivity contribution >= 4 is 35.3 Å². The number of halogens is 2. The summed E-state index contributed by atoms with van der Waals surface area (Å²) in [5.74, 6) is -3.22. The zero-order chi connectivity index (χ0) is 16.0. The molecule has 21 heavy (non-hydrogen) atoms. The van der Waals surface area contributed by atoms with E-state index in [9.17, 15) is 18.8 Å². The second kappa shape index (κ2) is 7.44. The molecule has 0 bridgehead atoms. The summed E-state index contributed by atoms with van der Waals surface area (Å²) in [5, 5.41) is 21.7. The van der Waals surface area contributed by atoms with Crippen LogP contribution in [0.5, 0.6) is 0 Å². The van der Waals surface area contributed by atoms with Crippen LogP contribution >= 0.6 is 11.6 Å². The Kier molecular flexibility index (Phi) is 5.92. The first-order chi connectivity index (χ1) is 9.77.